The molecule has 1 heterocycles. The van der Waals surface area contributed by atoms with Gasteiger partial charge in [0, 0.05) is 23.5 Å². The zero-order valence-electron chi connectivity index (χ0n) is 16.8. The van der Waals surface area contributed by atoms with E-state index in [1.54, 1.807) is 30.1 Å². The lowest BCUT2D eigenvalue weighted by atomic mass is 10.1. The zero-order valence-corrected chi connectivity index (χ0v) is 18.3. The van der Waals surface area contributed by atoms with Gasteiger partial charge in [-0.05, 0) is 36.2 Å². The highest BCUT2D eigenvalue weighted by atomic mass is 79.9. The first kappa shape index (κ1) is 21.0. The van der Waals surface area contributed by atoms with Crippen molar-refractivity contribution in [1.82, 2.24) is 14.7 Å². The third-order valence-corrected chi connectivity index (χ3v) is 4.99. The van der Waals surface area contributed by atoms with E-state index in [9.17, 15) is 9.59 Å². The van der Waals surface area contributed by atoms with E-state index in [-0.39, 0.29) is 23.1 Å². The van der Waals surface area contributed by atoms with Gasteiger partial charge in [0.25, 0.3) is 11.5 Å². The summed E-state index contributed by atoms with van der Waals surface area (Å²) in [6, 6.07) is 14.6. The predicted molar refractivity (Wildman–Crippen MR) is 117 cm³/mol. The minimum absolute atomic E-state index is 0.174. The summed E-state index contributed by atoms with van der Waals surface area (Å²) in [5, 5.41) is 5.48. The lowest BCUT2D eigenvalue weighted by Crippen LogP contribution is -2.34. The Kier molecular flexibility index (Phi) is 6.69. The van der Waals surface area contributed by atoms with Crippen LogP contribution in [0, 0.1) is 5.92 Å². The molecule has 0 N–H and O–H groups in total. The summed E-state index contributed by atoms with van der Waals surface area (Å²) >= 11 is 3.39. The van der Waals surface area contributed by atoms with E-state index < -0.39 is 0 Å². The molecule has 0 bridgehead atoms. The number of carbonyl (C=O) groups excluding carboxylic acids is 1. The Morgan fingerprint density at radius 3 is 2.45 bits per heavy atom. The number of hydrogen-bond donors (Lipinski definition) is 0. The molecule has 0 fully saturated rings. The van der Waals surface area contributed by atoms with Gasteiger partial charge in [0.05, 0.1) is 11.9 Å². The highest BCUT2D eigenvalue weighted by Crippen LogP contribution is 2.17. The number of benzene rings is 2. The van der Waals surface area contributed by atoms with Crippen LogP contribution in [0.15, 0.2) is 57.8 Å². The topological polar surface area (TPSA) is 64.4 Å². The number of fused-ring (bicyclic) bond motifs is 1. The third-order valence-electron chi connectivity index (χ3n) is 4.46. The van der Waals surface area contributed by atoms with Gasteiger partial charge in [-0.25, -0.2) is 4.68 Å². The number of likely N-dealkylation sites (N-methyl/N-ethyl adjacent to an activating group) is 1. The van der Waals surface area contributed by atoms with Gasteiger partial charge in [-0.1, -0.05) is 48.0 Å². The van der Waals surface area contributed by atoms with Crippen molar-refractivity contribution in [1.29, 1.82) is 0 Å². The Labute approximate surface area is 178 Å². The Morgan fingerprint density at radius 1 is 1.14 bits per heavy atom. The van der Waals surface area contributed by atoms with Crippen molar-refractivity contribution in [3.8, 4) is 5.75 Å². The molecule has 3 rings (SSSR count). The second kappa shape index (κ2) is 9.22. The van der Waals surface area contributed by atoms with Gasteiger partial charge in [-0.15, -0.1) is 0 Å². The molecule has 1 amide bonds. The van der Waals surface area contributed by atoms with Crippen LogP contribution in [0.25, 0.3) is 10.8 Å². The maximum Gasteiger partial charge on any atom is 0.274 e. The van der Waals surface area contributed by atoms with Gasteiger partial charge in [0.1, 0.15) is 12.4 Å². The fourth-order valence-corrected chi connectivity index (χ4v) is 3.24. The smallest absolute Gasteiger partial charge is 0.274 e. The van der Waals surface area contributed by atoms with Crippen LogP contribution >= 0.6 is 15.9 Å². The Balaban J connectivity index is 1.80. The van der Waals surface area contributed by atoms with Crippen LogP contribution in [0.1, 0.15) is 24.3 Å². The van der Waals surface area contributed by atoms with E-state index in [2.05, 4.69) is 21.0 Å². The van der Waals surface area contributed by atoms with Crippen LogP contribution in [0.5, 0.6) is 5.75 Å². The third kappa shape index (κ3) is 5.03. The van der Waals surface area contributed by atoms with Gasteiger partial charge >= 0.3 is 0 Å². The van der Waals surface area contributed by atoms with Gasteiger partial charge in [-0.3, -0.25) is 9.59 Å². The molecule has 0 radical (unpaired) electrons. The minimum Gasteiger partial charge on any atom is -0.492 e. The molecule has 7 heteroatoms. The normalized spacial score (nSPS) is 11.1. The molecule has 0 aliphatic rings. The molecular weight excluding hydrogens is 434 g/mol. The lowest BCUT2D eigenvalue weighted by Gasteiger charge is -2.19. The standard InChI is InChI=1S/C22H24BrN3O3/c1-15(2)14-26-21(27)19-7-5-4-6-18(19)20(24-26)22(28)25(3)12-13-29-17-10-8-16(23)9-11-17/h4-11,15H,12-14H2,1-3H3. The van der Waals surface area contributed by atoms with Crippen LogP contribution in [0.4, 0.5) is 0 Å². The Bertz CT molecular complexity index is 1060. The molecule has 0 aliphatic carbocycles. The highest BCUT2D eigenvalue weighted by Gasteiger charge is 2.20. The molecule has 1 aromatic heterocycles. The number of nitrogens with zero attached hydrogens (tertiary/aromatic N) is 3. The largest absolute Gasteiger partial charge is 0.492 e. The fourth-order valence-electron chi connectivity index (χ4n) is 2.98. The summed E-state index contributed by atoms with van der Waals surface area (Å²) < 4.78 is 8.08. The average molecular weight is 458 g/mol. The van der Waals surface area contributed by atoms with Crippen LogP contribution in [-0.2, 0) is 6.54 Å². The van der Waals surface area contributed by atoms with Gasteiger partial charge < -0.3 is 9.64 Å². The molecule has 0 saturated carbocycles. The van der Waals surface area contributed by atoms with Crippen LogP contribution < -0.4 is 10.3 Å². The number of halogens is 1. The van der Waals surface area contributed by atoms with Crippen molar-refractivity contribution in [2.45, 2.75) is 20.4 Å². The van der Waals surface area contributed by atoms with Gasteiger partial charge in [-0.2, -0.15) is 5.10 Å². The van der Waals surface area contributed by atoms with Crippen molar-refractivity contribution < 1.29 is 9.53 Å². The van der Waals surface area contributed by atoms with E-state index in [4.69, 9.17) is 4.74 Å². The monoisotopic (exact) mass is 457 g/mol. The van der Waals surface area contributed by atoms with Crippen molar-refractivity contribution in [3.05, 3.63) is 69.1 Å². The summed E-state index contributed by atoms with van der Waals surface area (Å²) in [6.45, 7) is 5.23. The predicted octanol–water partition coefficient (Wildman–Crippen LogP) is 3.97. The second-order valence-electron chi connectivity index (χ2n) is 7.30. The van der Waals surface area contributed by atoms with Crippen molar-refractivity contribution in [2.75, 3.05) is 20.2 Å². The highest BCUT2D eigenvalue weighted by molar-refractivity contribution is 9.10. The number of aromatic nitrogens is 2. The Morgan fingerprint density at radius 2 is 1.79 bits per heavy atom. The maximum absolute atomic E-state index is 13.1. The number of amides is 1. The van der Waals surface area contributed by atoms with E-state index in [0.29, 0.717) is 30.5 Å². The van der Waals surface area contributed by atoms with Gasteiger partial charge in [0.2, 0.25) is 0 Å². The molecule has 2 aromatic carbocycles. The molecule has 29 heavy (non-hydrogen) atoms. The zero-order chi connectivity index (χ0) is 21.0. The Hall–Kier alpha value is -2.67. The first-order chi connectivity index (χ1) is 13.9. The molecule has 152 valence electrons. The van der Waals surface area contributed by atoms with E-state index in [1.165, 1.54) is 4.68 Å². The lowest BCUT2D eigenvalue weighted by molar-refractivity contribution is 0.0767. The first-order valence-corrected chi connectivity index (χ1v) is 10.3. The quantitative estimate of drug-likeness (QED) is 0.538. The van der Waals surface area contributed by atoms with Crippen LogP contribution in [0.3, 0.4) is 0 Å². The summed E-state index contributed by atoms with van der Waals surface area (Å²) in [5.74, 6) is 0.738. The number of rotatable bonds is 7. The van der Waals surface area contributed by atoms with Crippen molar-refractivity contribution in [3.63, 3.8) is 0 Å². The molecule has 6 nitrogen and oxygen atoms in total. The summed E-state index contributed by atoms with van der Waals surface area (Å²) in [7, 11) is 1.71. The molecule has 0 spiro atoms. The summed E-state index contributed by atoms with van der Waals surface area (Å²) in [5.41, 5.74) is 0.110. The number of carbonyl (C=O) groups is 1. The fraction of sp³-hybridized carbons (Fsp3) is 0.318. The van der Waals surface area contributed by atoms with Crippen molar-refractivity contribution in [2.24, 2.45) is 5.92 Å². The van der Waals surface area contributed by atoms with E-state index >= 15 is 0 Å². The molecule has 3 aromatic rings. The molecular formula is C22H24BrN3O3. The summed E-state index contributed by atoms with van der Waals surface area (Å²) in [4.78, 5) is 27.4. The SMILES string of the molecule is CC(C)Cn1nc(C(=O)N(C)CCOc2ccc(Br)cc2)c2ccccc2c1=O. The molecule has 0 atom stereocenters. The van der Waals surface area contributed by atoms with E-state index in [0.717, 1.165) is 10.2 Å². The second-order valence-corrected chi connectivity index (χ2v) is 8.22. The van der Waals surface area contributed by atoms with Crippen LogP contribution in [-0.4, -0.2) is 40.8 Å². The number of hydrogen-bond acceptors (Lipinski definition) is 4. The maximum atomic E-state index is 13.1. The van der Waals surface area contributed by atoms with Gasteiger partial charge in [0.15, 0.2) is 5.69 Å². The van der Waals surface area contributed by atoms with Crippen LogP contribution in [0.2, 0.25) is 0 Å². The number of ether oxygens (including phenoxy) is 1. The van der Waals surface area contributed by atoms with E-state index in [1.807, 2.05) is 44.2 Å². The minimum atomic E-state index is -0.238. The molecule has 0 unspecified atom stereocenters. The van der Waals surface area contributed by atoms with Crippen molar-refractivity contribution >= 4 is 32.6 Å². The first-order valence-electron chi connectivity index (χ1n) is 9.50. The summed E-state index contributed by atoms with van der Waals surface area (Å²) in [6.07, 6.45) is 0. The molecule has 0 aliphatic heterocycles. The molecule has 0 saturated heterocycles. The average Bonchev–Trinajstić information content (AvgIpc) is 2.70.